The van der Waals surface area contributed by atoms with E-state index < -0.39 is 5.09 Å². The number of halogens is 1. The Hall–Kier alpha value is 0.230. The predicted octanol–water partition coefficient (Wildman–Crippen LogP) is 0.346. The maximum absolute atomic E-state index is 8.82. The van der Waals surface area contributed by atoms with Crippen molar-refractivity contribution in [1.82, 2.24) is 0 Å². The van der Waals surface area contributed by atoms with Crippen LogP contribution in [0.25, 0.3) is 0 Å². The average molecular weight is 205 g/mol. The van der Waals surface area contributed by atoms with E-state index in [0.717, 1.165) is 0 Å². The molecule has 0 spiro atoms. The van der Waals surface area contributed by atoms with Gasteiger partial charge in [-0.15, -0.1) is 10.1 Å². The van der Waals surface area contributed by atoms with Gasteiger partial charge in [-0.25, -0.2) is 0 Å². The maximum Gasteiger partial charge on any atom is 0.311 e. The van der Waals surface area contributed by atoms with E-state index in [1.54, 1.807) is 0 Å². The molecule has 0 N–H and O–H groups in total. The molecule has 0 aliphatic heterocycles. The molecule has 0 bridgehead atoms. The molecule has 0 amide bonds. The number of nitrogens with zero attached hydrogens (tertiary/aromatic N) is 1. The van der Waals surface area contributed by atoms with Gasteiger partial charge in [-0.2, -0.15) is 4.39 Å². The second-order valence-corrected chi connectivity index (χ2v) is 0.431. The maximum atomic E-state index is 8.82. The van der Waals surface area contributed by atoms with Crippen LogP contribution in [-0.4, -0.2) is 5.09 Å². The van der Waals surface area contributed by atoms with Gasteiger partial charge in [0.25, 0.3) is 0 Å². The molecule has 4 nitrogen and oxygen atoms in total. The second kappa shape index (κ2) is 5.23. The van der Waals surface area contributed by atoms with Gasteiger partial charge in [-0.1, -0.05) is 0 Å². The van der Waals surface area contributed by atoms with Crippen LogP contribution in [0, 0.1) is 10.1 Å². The molecule has 1 radical (unpaired) electrons. The third kappa shape index (κ3) is 8.87. The zero-order chi connectivity index (χ0) is 4.28. The average Bonchev–Trinajstić information content (AvgIpc) is 1.38. The van der Waals surface area contributed by atoms with Crippen LogP contribution in [0.4, 0.5) is 0 Å². The molecular formula is AgClNO3. The first kappa shape index (κ1) is 9.52. The number of hydrogen-bond donors (Lipinski definition) is 0. The van der Waals surface area contributed by atoms with Crippen LogP contribution in [0.1, 0.15) is 0 Å². The van der Waals surface area contributed by atoms with Crippen LogP contribution >= 0.6 is 11.9 Å². The van der Waals surface area contributed by atoms with E-state index in [4.69, 9.17) is 10.1 Å². The van der Waals surface area contributed by atoms with Crippen molar-refractivity contribution in [3.63, 3.8) is 0 Å². The van der Waals surface area contributed by atoms with Gasteiger partial charge in [0.05, 0.1) is 0 Å². The van der Waals surface area contributed by atoms with Crippen molar-refractivity contribution in [3.8, 4) is 0 Å². The van der Waals surface area contributed by atoms with Gasteiger partial charge in [0, 0.05) is 22.4 Å². The number of rotatable bonds is 1. The second-order valence-electron chi connectivity index (χ2n) is 0.293. The van der Waals surface area contributed by atoms with Crippen molar-refractivity contribution in [3.05, 3.63) is 10.1 Å². The van der Waals surface area contributed by atoms with E-state index in [2.05, 4.69) is 16.3 Å². The minimum atomic E-state index is -1.11. The van der Waals surface area contributed by atoms with Crippen molar-refractivity contribution in [2.75, 3.05) is 0 Å². The minimum absolute atomic E-state index is 0. The van der Waals surface area contributed by atoms with Gasteiger partial charge < -0.3 is 0 Å². The molecule has 0 heterocycles. The van der Waals surface area contributed by atoms with Gasteiger partial charge >= 0.3 is 5.09 Å². The summed E-state index contributed by atoms with van der Waals surface area (Å²) in [6, 6.07) is 0. The molecule has 0 atom stereocenters. The third-order valence-electron chi connectivity index (χ3n) is 0.0563. The first-order chi connectivity index (χ1) is 2.27. The Morgan fingerprint density at radius 3 is 2.00 bits per heavy atom. The number of hydrogen-bond acceptors (Lipinski definition) is 3. The van der Waals surface area contributed by atoms with E-state index in [-0.39, 0.29) is 22.4 Å². The summed E-state index contributed by atoms with van der Waals surface area (Å²) in [4.78, 5) is 8.82. The standard InChI is InChI=1S/Ag.ClNO3/c;1-5-2(3)4. The smallest absolute Gasteiger partial charge is 0.199 e. The molecule has 41 valence electrons. The quantitative estimate of drug-likeness (QED) is 0.352. The van der Waals surface area contributed by atoms with Crippen molar-refractivity contribution < 1.29 is 31.9 Å². The summed E-state index contributed by atoms with van der Waals surface area (Å²) < 4.78 is 2.94. The van der Waals surface area contributed by atoms with E-state index in [1.165, 1.54) is 0 Å². The van der Waals surface area contributed by atoms with Crippen LogP contribution in [0.2, 0.25) is 0 Å². The van der Waals surface area contributed by atoms with E-state index in [0.29, 0.717) is 0 Å². The van der Waals surface area contributed by atoms with Gasteiger partial charge in [-0.3, -0.25) is 0 Å². The van der Waals surface area contributed by atoms with Crippen molar-refractivity contribution in [2.45, 2.75) is 0 Å². The summed E-state index contributed by atoms with van der Waals surface area (Å²) in [7, 11) is 0. The zero-order valence-electron chi connectivity index (χ0n) is 2.35. The molecule has 6 heavy (non-hydrogen) atoms. The summed E-state index contributed by atoms with van der Waals surface area (Å²) in [6.07, 6.45) is 0. The van der Waals surface area contributed by atoms with Gasteiger partial charge in [0.15, 0.2) is 0 Å². The largest absolute Gasteiger partial charge is 0.311 e. The molecule has 0 saturated heterocycles. The fraction of sp³-hybridized carbons (Fsp3) is 0. The fourth-order valence-corrected chi connectivity index (χ4v) is 0. The molecule has 0 aliphatic carbocycles. The van der Waals surface area contributed by atoms with Crippen LogP contribution in [0.15, 0.2) is 0 Å². The molecular weight excluding hydrogens is 205 g/mol. The topological polar surface area (TPSA) is 52.4 Å². The Morgan fingerprint density at radius 1 is 1.83 bits per heavy atom. The summed E-state index contributed by atoms with van der Waals surface area (Å²) in [5.41, 5.74) is 0. The summed E-state index contributed by atoms with van der Waals surface area (Å²) in [5, 5.41) is 7.71. The molecule has 6 heteroatoms. The van der Waals surface area contributed by atoms with Crippen LogP contribution in [0.5, 0.6) is 0 Å². The Labute approximate surface area is 54.2 Å². The molecule has 0 aliphatic rings. The third-order valence-corrected chi connectivity index (χ3v) is 0.169. The van der Waals surface area contributed by atoms with Crippen molar-refractivity contribution in [2.24, 2.45) is 0 Å². The van der Waals surface area contributed by atoms with Gasteiger partial charge in [0.2, 0.25) is 0 Å². The monoisotopic (exact) mass is 204 g/mol. The summed E-state index contributed by atoms with van der Waals surface area (Å²) in [5.74, 6) is 0. The van der Waals surface area contributed by atoms with Crippen molar-refractivity contribution >= 4 is 11.9 Å². The predicted molar refractivity (Wildman–Crippen MR) is 13.9 cm³/mol. The van der Waals surface area contributed by atoms with Crippen LogP contribution < -0.4 is 0 Å². The molecule has 0 rings (SSSR count). The van der Waals surface area contributed by atoms with E-state index in [9.17, 15) is 0 Å². The molecule has 0 fully saturated rings. The first-order valence-corrected chi connectivity index (χ1v) is 1.01. The van der Waals surface area contributed by atoms with Gasteiger partial charge in [0.1, 0.15) is 11.9 Å². The molecule has 0 aromatic rings. The minimum Gasteiger partial charge on any atom is -0.199 e. The normalized spacial score (nSPS) is 5.50. The van der Waals surface area contributed by atoms with Crippen LogP contribution in [0.3, 0.4) is 0 Å². The molecule has 0 unspecified atom stereocenters. The fourth-order valence-electron chi connectivity index (χ4n) is 0. The summed E-state index contributed by atoms with van der Waals surface area (Å²) in [6.45, 7) is 0. The van der Waals surface area contributed by atoms with E-state index in [1.807, 2.05) is 0 Å². The summed E-state index contributed by atoms with van der Waals surface area (Å²) >= 11 is 4.14. The van der Waals surface area contributed by atoms with Gasteiger partial charge in [-0.05, 0) is 0 Å². The SMILES string of the molecule is O=[N+]([O-])OCl.[Ag]. The Kier molecular flexibility index (Phi) is 8.30. The molecule has 0 aromatic carbocycles. The van der Waals surface area contributed by atoms with E-state index >= 15 is 0 Å². The molecule has 0 aromatic heterocycles. The van der Waals surface area contributed by atoms with Crippen molar-refractivity contribution in [1.29, 1.82) is 0 Å². The first-order valence-electron chi connectivity index (χ1n) is 0.702. The Morgan fingerprint density at radius 2 is 2.00 bits per heavy atom. The zero-order valence-corrected chi connectivity index (χ0v) is 4.59. The molecule has 0 saturated carbocycles. The Balaban J connectivity index is 0. The Bertz CT molecular complexity index is 46.1. The van der Waals surface area contributed by atoms with Crippen LogP contribution in [-0.2, 0) is 26.8 Å².